The van der Waals surface area contributed by atoms with E-state index in [1.165, 1.54) is 7.11 Å². The lowest BCUT2D eigenvalue weighted by molar-refractivity contribution is -0.136. The molecule has 1 aromatic carbocycles. The molecule has 1 aliphatic carbocycles. The first kappa shape index (κ1) is 17.9. The average molecular weight is 404 g/mol. The zero-order valence-electron chi connectivity index (χ0n) is 14.9. The van der Waals surface area contributed by atoms with Crippen molar-refractivity contribution in [1.29, 1.82) is 0 Å². The maximum absolute atomic E-state index is 13.0. The molecule has 1 aromatic rings. The van der Waals surface area contributed by atoms with Crippen molar-refractivity contribution in [2.45, 2.75) is 39.5 Å². The maximum Gasteiger partial charge on any atom is 0.336 e. The summed E-state index contributed by atoms with van der Waals surface area (Å²) >= 11 is 3.44. The zero-order valence-corrected chi connectivity index (χ0v) is 16.5. The van der Waals surface area contributed by atoms with Gasteiger partial charge in [0.05, 0.1) is 12.7 Å². The molecule has 0 spiro atoms. The SMILES string of the molecule is COC(=O)C1=C(C)NC2=C(C(=O)CC(C)(C)C2)C1c1ccc(Br)cc1. The van der Waals surface area contributed by atoms with E-state index < -0.39 is 5.97 Å². The van der Waals surface area contributed by atoms with Crippen LogP contribution in [0.1, 0.15) is 45.1 Å². The number of benzene rings is 1. The summed E-state index contributed by atoms with van der Waals surface area (Å²) in [4.78, 5) is 25.4. The topological polar surface area (TPSA) is 55.4 Å². The molecule has 0 bridgehead atoms. The second-order valence-corrected chi connectivity index (χ2v) is 8.39. The number of methoxy groups -OCH3 is 1. The Morgan fingerprint density at radius 3 is 2.48 bits per heavy atom. The molecule has 1 aliphatic heterocycles. The summed E-state index contributed by atoms with van der Waals surface area (Å²) in [6.45, 7) is 6.06. The van der Waals surface area contributed by atoms with Gasteiger partial charge in [-0.2, -0.15) is 0 Å². The quantitative estimate of drug-likeness (QED) is 0.750. The van der Waals surface area contributed by atoms with E-state index in [-0.39, 0.29) is 17.1 Å². The number of rotatable bonds is 2. The van der Waals surface area contributed by atoms with Gasteiger partial charge in [0.2, 0.25) is 0 Å². The number of dihydropyridines is 1. The third kappa shape index (κ3) is 3.30. The summed E-state index contributed by atoms with van der Waals surface area (Å²) in [5.74, 6) is -0.692. The van der Waals surface area contributed by atoms with Crippen molar-refractivity contribution in [3.8, 4) is 0 Å². The average Bonchev–Trinajstić information content (AvgIpc) is 2.52. The molecule has 1 unspecified atom stereocenters. The molecule has 0 radical (unpaired) electrons. The Bertz CT molecular complexity index is 803. The number of esters is 1. The van der Waals surface area contributed by atoms with Crippen LogP contribution >= 0.6 is 15.9 Å². The van der Waals surface area contributed by atoms with E-state index in [2.05, 4.69) is 35.1 Å². The molecule has 3 rings (SSSR count). The predicted molar refractivity (Wildman–Crippen MR) is 99.8 cm³/mol. The number of hydrogen-bond donors (Lipinski definition) is 1. The predicted octanol–water partition coefficient (Wildman–Crippen LogP) is 4.23. The van der Waals surface area contributed by atoms with Crippen molar-refractivity contribution in [2.24, 2.45) is 5.41 Å². The van der Waals surface area contributed by atoms with Crippen LogP contribution in [0.4, 0.5) is 0 Å². The molecule has 1 atom stereocenters. The summed E-state index contributed by atoms with van der Waals surface area (Å²) in [5.41, 5.74) is 3.73. The number of nitrogens with one attached hydrogen (secondary N) is 1. The molecule has 0 saturated heterocycles. The van der Waals surface area contributed by atoms with Gasteiger partial charge in [-0.25, -0.2) is 4.79 Å². The fraction of sp³-hybridized carbons (Fsp3) is 0.400. The molecular weight excluding hydrogens is 382 g/mol. The third-order valence-electron chi connectivity index (χ3n) is 4.85. The van der Waals surface area contributed by atoms with Crippen molar-refractivity contribution in [2.75, 3.05) is 7.11 Å². The van der Waals surface area contributed by atoms with E-state index in [0.29, 0.717) is 17.6 Å². The van der Waals surface area contributed by atoms with Gasteiger partial charge in [0.1, 0.15) is 0 Å². The van der Waals surface area contributed by atoms with Gasteiger partial charge in [0.25, 0.3) is 0 Å². The second kappa shape index (κ2) is 6.45. The van der Waals surface area contributed by atoms with Crippen LogP contribution in [0.25, 0.3) is 0 Å². The molecule has 5 heteroatoms. The lowest BCUT2D eigenvalue weighted by atomic mass is 9.68. The number of Topliss-reactive ketones (excluding diaryl/α,β-unsaturated/α-hetero) is 1. The summed E-state index contributed by atoms with van der Waals surface area (Å²) in [6, 6.07) is 7.76. The van der Waals surface area contributed by atoms with E-state index in [1.54, 1.807) is 0 Å². The van der Waals surface area contributed by atoms with Crippen LogP contribution in [0, 0.1) is 5.41 Å². The lowest BCUT2D eigenvalue weighted by Gasteiger charge is -2.39. The number of ketones is 1. The van der Waals surface area contributed by atoms with Crippen LogP contribution in [0.3, 0.4) is 0 Å². The van der Waals surface area contributed by atoms with Gasteiger partial charge in [-0.15, -0.1) is 0 Å². The van der Waals surface area contributed by atoms with Crippen LogP contribution in [0.2, 0.25) is 0 Å². The number of allylic oxidation sites excluding steroid dienone is 3. The normalized spacial score (nSPS) is 22.4. The summed E-state index contributed by atoms with van der Waals surface area (Å²) < 4.78 is 5.97. The number of carbonyl (C=O) groups excluding carboxylic acids is 2. The van der Waals surface area contributed by atoms with Gasteiger partial charge >= 0.3 is 5.97 Å². The largest absolute Gasteiger partial charge is 0.466 e. The highest BCUT2D eigenvalue weighted by Gasteiger charge is 2.42. The van der Waals surface area contributed by atoms with Crippen molar-refractivity contribution < 1.29 is 14.3 Å². The first-order valence-electron chi connectivity index (χ1n) is 8.31. The first-order chi connectivity index (χ1) is 11.7. The molecule has 1 heterocycles. The molecule has 25 heavy (non-hydrogen) atoms. The van der Waals surface area contributed by atoms with Gasteiger partial charge in [-0.3, -0.25) is 4.79 Å². The molecule has 0 saturated carbocycles. The second-order valence-electron chi connectivity index (χ2n) is 7.47. The monoisotopic (exact) mass is 403 g/mol. The minimum atomic E-state index is -0.401. The van der Waals surface area contributed by atoms with Gasteiger partial charge in [0.15, 0.2) is 5.78 Å². The van der Waals surface area contributed by atoms with Crippen LogP contribution in [-0.2, 0) is 14.3 Å². The van der Waals surface area contributed by atoms with Gasteiger partial charge < -0.3 is 10.1 Å². The van der Waals surface area contributed by atoms with Crippen molar-refractivity contribution in [3.05, 3.63) is 56.8 Å². The minimum Gasteiger partial charge on any atom is -0.466 e. The number of ether oxygens (including phenoxy) is 1. The summed E-state index contributed by atoms with van der Waals surface area (Å²) in [6.07, 6.45) is 1.26. The Hall–Kier alpha value is -1.88. The van der Waals surface area contributed by atoms with Crippen molar-refractivity contribution in [3.63, 3.8) is 0 Å². The summed E-state index contributed by atoms with van der Waals surface area (Å²) in [5, 5.41) is 3.31. The standard InChI is InChI=1S/C20H22BrNO3/c1-11-16(19(24)25-4)17(12-5-7-13(21)8-6-12)18-14(22-11)9-20(2,3)10-15(18)23/h5-8,17,22H,9-10H2,1-4H3. The zero-order chi connectivity index (χ0) is 18.4. The Morgan fingerprint density at radius 1 is 1.24 bits per heavy atom. The van der Waals surface area contributed by atoms with E-state index in [1.807, 2.05) is 31.2 Å². The van der Waals surface area contributed by atoms with Gasteiger partial charge in [0, 0.05) is 33.8 Å². The molecule has 0 fully saturated rings. The molecule has 4 nitrogen and oxygen atoms in total. The van der Waals surface area contributed by atoms with Crippen molar-refractivity contribution in [1.82, 2.24) is 5.32 Å². The Kier molecular flexibility index (Phi) is 4.62. The highest BCUT2D eigenvalue weighted by molar-refractivity contribution is 9.10. The van der Waals surface area contributed by atoms with Crippen LogP contribution in [0.15, 0.2) is 51.3 Å². The highest BCUT2D eigenvalue weighted by atomic mass is 79.9. The highest BCUT2D eigenvalue weighted by Crippen LogP contribution is 2.46. The van der Waals surface area contributed by atoms with E-state index in [0.717, 1.165) is 27.9 Å². The fourth-order valence-electron chi connectivity index (χ4n) is 3.81. The maximum atomic E-state index is 13.0. The van der Waals surface area contributed by atoms with Crippen LogP contribution < -0.4 is 5.32 Å². The van der Waals surface area contributed by atoms with E-state index in [9.17, 15) is 9.59 Å². The van der Waals surface area contributed by atoms with Gasteiger partial charge in [-0.1, -0.05) is 41.9 Å². The van der Waals surface area contributed by atoms with Gasteiger partial charge in [-0.05, 0) is 36.5 Å². The number of halogens is 1. The Balaban J connectivity index is 2.19. The lowest BCUT2D eigenvalue weighted by Crippen LogP contribution is -2.38. The number of carbonyl (C=O) groups is 2. The Labute approximate surface area is 156 Å². The molecule has 132 valence electrons. The number of hydrogen-bond acceptors (Lipinski definition) is 4. The van der Waals surface area contributed by atoms with Crippen LogP contribution in [-0.4, -0.2) is 18.9 Å². The minimum absolute atomic E-state index is 0.0871. The Morgan fingerprint density at radius 2 is 1.88 bits per heavy atom. The molecule has 1 N–H and O–H groups in total. The third-order valence-corrected chi connectivity index (χ3v) is 5.38. The fourth-order valence-corrected chi connectivity index (χ4v) is 4.07. The molecular formula is C20H22BrNO3. The molecule has 0 aromatic heterocycles. The van der Waals surface area contributed by atoms with Crippen LogP contribution in [0.5, 0.6) is 0 Å². The van der Waals surface area contributed by atoms with E-state index in [4.69, 9.17) is 4.74 Å². The smallest absolute Gasteiger partial charge is 0.336 e. The first-order valence-corrected chi connectivity index (χ1v) is 9.10. The molecule has 0 amide bonds. The van der Waals surface area contributed by atoms with E-state index >= 15 is 0 Å². The summed E-state index contributed by atoms with van der Waals surface area (Å²) in [7, 11) is 1.37. The van der Waals surface area contributed by atoms with Crippen molar-refractivity contribution >= 4 is 27.7 Å². The molecule has 2 aliphatic rings.